The van der Waals surface area contributed by atoms with Gasteiger partial charge in [-0.15, -0.1) is 5.10 Å². The van der Waals surface area contributed by atoms with Gasteiger partial charge in [0.2, 0.25) is 0 Å². The standard InChI is InChI=1S/C14H19N3O/c1-4-14(18)13-9-17(16-15-13)8-12-7-10(2)5-6-11(12)3/h5-7,9,14,18H,4,8H2,1-3H3. The molecule has 4 heteroatoms. The zero-order valence-corrected chi connectivity index (χ0v) is 11.1. The Bertz CT molecular complexity index is 534. The van der Waals surface area contributed by atoms with Crippen LogP contribution < -0.4 is 0 Å². The van der Waals surface area contributed by atoms with Gasteiger partial charge in [0, 0.05) is 0 Å². The maximum absolute atomic E-state index is 9.69. The fourth-order valence-electron chi connectivity index (χ4n) is 1.90. The summed E-state index contributed by atoms with van der Waals surface area (Å²) in [7, 11) is 0. The smallest absolute Gasteiger partial charge is 0.111 e. The van der Waals surface area contributed by atoms with E-state index in [-0.39, 0.29) is 0 Å². The van der Waals surface area contributed by atoms with Gasteiger partial charge in [-0.25, -0.2) is 4.68 Å². The van der Waals surface area contributed by atoms with Crippen LogP contribution in [0.15, 0.2) is 24.4 Å². The summed E-state index contributed by atoms with van der Waals surface area (Å²) < 4.78 is 1.77. The van der Waals surface area contributed by atoms with Gasteiger partial charge < -0.3 is 5.11 Å². The largest absolute Gasteiger partial charge is 0.387 e. The molecular formula is C14H19N3O. The first-order chi connectivity index (χ1) is 8.60. The quantitative estimate of drug-likeness (QED) is 0.899. The lowest BCUT2D eigenvalue weighted by atomic mass is 10.1. The predicted molar refractivity (Wildman–Crippen MR) is 70.3 cm³/mol. The average molecular weight is 245 g/mol. The molecule has 0 aliphatic carbocycles. The van der Waals surface area contributed by atoms with Gasteiger partial charge in [0.15, 0.2) is 0 Å². The van der Waals surface area contributed by atoms with E-state index in [0.29, 0.717) is 18.7 Å². The molecule has 0 radical (unpaired) electrons. The van der Waals surface area contributed by atoms with E-state index in [1.807, 2.05) is 13.1 Å². The number of hydrogen-bond acceptors (Lipinski definition) is 3. The first kappa shape index (κ1) is 12.8. The van der Waals surface area contributed by atoms with Crippen LogP contribution in [0.25, 0.3) is 0 Å². The molecule has 0 fully saturated rings. The number of aryl methyl sites for hydroxylation is 2. The molecule has 1 aromatic carbocycles. The second kappa shape index (κ2) is 5.31. The van der Waals surface area contributed by atoms with E-state index in [2.05, 4.69) is 42.4 Å². The lowest BCUT2D eigenvalue weighted by molar-refractivity contribution is 0.168. The molecule has 4 nitrogen and oxygen atoms in total. The number of nitrogens with zero attached hydrogens (tertiary/aromatic N) is 3. The molecule has 0 aliphatic heterocycles. The fourth-order valence-corrected chi connectivity index (χ4v) is 1.90. The highest BCUT2D eigenvalue weighted by Crippen LogP contribution is 2.15. The molecule has 0 amide bonds. The second-order valence-electron chi connectivity index (χ2n) is 4.69. The third-order valence-electron chi connectivity index (χ3n) is 3.12. The summed E-state index contributed by atoms with van der Waals surface area (Å²) in [5, 5.41) is 17.7. The normalized spacial score (nSPS) is 12.7. The second-order valence-corrected chi connectivity index (χ2v) is 4.69. The minimum absolute atomic E-state index is 0.516. The number of benzene rings is 1. The summed E-state index contributed by atoms with van der Waals surface area (Å²) in [6, 6.07) is 6.38. The van der Waals surface area contributed by atoms with Crippen molar-refractivity contribution >= 4 is 0 Å². The summed E-state index contributed by atoms with van der Waals surface area (Å²) >= 11 is 0. The highest BCUT2D eigenvalue weighted by molar-refractivity contribution is 5.30. The summed E-state index contributed by atoms with van der Waals surface area (Å²) in [6.45, 7) is 6.79. The summed E-state index contributed by atoms with van der Waals surface area (Å²) in [5.74, 6) is 0. The molecule has 0 saturated heterocycles. The Morgan fingerprint density at radius 2 is 2.11 bits per heavy atom. The lowest BCUT2D eigenvalue weighted by Crippen LogP contribution is -2.02. The van der Waals surface area contributed by atoms with Crippen LogP contribution in [0.2, 0.25) is 0 Å². The van der Waals surface area contributed by atoms with Crippen LogP contribution in [0, 0.1) is 13.8 Å². The van der Waals surface area contributed by atoms with Crippen LogP contribution >= 0.6 is 0 Å². The van der Waals surface area contributed by atoms with E-state index in [9.17, 15) is 5.11 Å². The number of aromatic nitrogens is 3. The number of rotatable bonds is 4. The molecule has 18 heavy (non-hydrogen) atoms. The molecule has 2 rings (SSSR count). The third kappa shape index (κ3) is 2.76. The van der Waals surface area contributed by atoms with Crippen molar-refractivity contribution < 1.29 is 5.11 Å². The number of hydrogen-bond donors (Lipinski definition) is 1. The Labute approximate surface area is 107 Å². The van der Waals surface area contributed by atoms with Crippen molar-refractivity contribution in [1.29, 1.82) is 0 Å². The van der Waals surface area contributed by atoms with Gasteiger partial charge in [-0.1, -0.05) is 35.9 Å². The van der Waals surface area contributed by atoms with Gasteiger partial charge in [-0.05, 0) is 31.4 Å². The van der Waals surface area contributed by atoms with Gasteiger partial charge in [-0.2, -0.15) is 0 Å². The lowest BCUT2D eigenvalue weighted by Gasteiger charge is -2.06. The molecule has 96 valence electrons. The molecule has 1 atom stereocenters. The van der Waals surface area contributed by atoms with Crippen LogP contribution in [0.4, 0.5) is 0 Å². The van der Waals surface area contributed by atoms with Crippen LogP contribution in [0.3, 0.4) is 0 Å². The fraction of sp³-hybridized carbons (Fsp3) is 0.429. The Kier molecular flexibility index (Phi) is 3.77. The van der Waals surface area contributed by atoms with Crippen LogP contribution in [0.5, 0.6) is 0 Å². The zero-order valence-electron chi connectivity index (χ0n) is 11.1. The van der Waals surface area contributed by atoms with E-state index in [4.69, 9.17) is 0 Å². The molecule has 0 aliphatic rings. The molecule has 1 aromatic heterocycles. The Morgan fingerprint density at radius 1 is 1.33 bits per heavy atom. The first-order valence-corrected chi connectivity index (χ1v) is 6.24. The minimum Gasteiger partial charge on any atom is -0.387 e. The van der Waals surface area contributed by atoms with Gasteiger partial charge in [0.05, 0.1) is 18.8 Å². The minimum atomic E-state index is -0.516. The maximum Gasteiger partial charge on any atom is 0.111 e. The Balaban J connectivity index is 2.18. The van der Waals surface area contributed by atoms with Gasteiger partial charge >= 0.3 is 0 Å². The van der Waals surface area contributed by atoms with Crippen molar-refractivity contribution in [3.8, 4) is 0 Å². The van der Waals surface area contributed by atoms with Gasteiger partial charge in [-0.3, -0.25) is 0 Å². The van der Waals surface area contributed by atoms with Crippen molar-refractivity contribution in [1.82, 2.24) is 15.0 Å². The number of aliphatic hydroxyl groups excluding tert-OH is 1. The maximum atomic E-state index is 9.69. The number of aliphatic hydroxyl groups is 1. The van der Waals surface area contributed by atoms with E-state index < -0.39 is 6.10 Å². The zero-order chi connectivity index (χ0) is 13.1. The summed E-state index contributed by atoms with van der Waals surface area (Å²) in [4.78, 5) is 0. The van der Waals surface area contributed by atoms with Crippen LogP contribution in [-0.2, 0) is 6.54 Å². The molecule has 1 heterocycles. The summed E-state index contributed by atoms with van der Waals surface area (Å²) in [6.07, 6.45) is 1.95. The average Bonchev–Trinajstić information content (AvgIpc) is 2.81. The summed E-state index contributed by atoms with van der Waals surface area (Å²) in [5.41, 5.74) is 4.36. The molecule has 0 spiro atoms. The molecule has 0 bridgehead atoms. The van der Waals surface area contributed by atoms with E-state index in [1.54, 1.807) is 4.68 Å². The van der Waals surface area contributed by atoms with Crippen molar-refractivity contribution in [3.63, 3.8) is 0 Å². The first-order valence-electron chi connectivity index (χ1n) is 6.24. The Morgan fingerprint density at radius 3 is 2.83 bits per heavy atom. The topological polar surface area (TPSA) is 50.9 Å². The van der Waals surface area contributed by atoms with Crippen LogP contribution in [-0.4, -0.2) is 20.1 Å². The van der Waals surface area contributed by atoms with Crippen LogP contribution in [0.1, 0.15) is 41.8 Å². The SMILES string of the molecule is CCC(O)c1cn(Cc2cc(C)ccc2C)nn1. The molecule has 0 saturated carbocycles. The molecule has 2 aromatic rings. The monoisotopic (exact) mass is 245 g/mol. The highest BCUT2D eigenvalue weighted by Gasteiger charge is 2.10. The van der Waals surface area contributed by atoms with E-state index in [0.717, 1.165) is 0 Å². The molecule has 1 unspecified atom stereocenters. The van der Waals surface area contributed by atoms with Crippen molar-refractivity contribution in [3.05, 3.63) is 46.8 Å². The third-order valence-corrected chi connectivity index (χ3v) is 3.12. The van der Waals surface area contributed by atoms with Crippen molar-refractivity contribution in [2.24, 2.45) is 0 Å². The van der Waals surface area contributed by atoms with Gasteiger partial charge in [0.25, 0.3) is 0 Å². The van der Waals surface area contributed by atoms with Gasteiger partial charge in [0.1, 0.15) is 5.69 Å². The van der Waals surface area contributed by atoms with Crippen molar-refractivity contribution in [2.75, 3.05) is 0 Å². The predicted octanol–water partition coefficient (Wildman–Crippen LogP) is 2.39. The van der Waals surface area contributed by atoms with E-state index >= 15 is 0 Å². The molecular weight excluding hydrogens is 226 g/mol. The Hall–Kier alpha value is -1.68. The van der Waals surface area contributed by atoms with E-state index in [1.165, 1.54) is 16.7 Å². The highest BCUT2D eigenvalue weighted by atomic mass is 16.3. The molecule has 1 N–H and O–H groups in total. The van der Waals surface area contributed by atoms with Crippen molar-refractivity contribution in [2.45, 2.75) is 39.8 Å².